The third-order valence-electron chi connectivity index (χ3n) is 5.47. The summed E-state index contributed by atoms with van der Waals surface area (Å²) in [6, 6.07) is 28.6. The van der Waals surface area contributed by atoms with Crippen LogP contribution in [0.1, 0.15) is 20.8 Å². The van der Waals surface area contributed by atoms with Gasteiger partial charge in [0.25, 0.3) is 0 Å². The van der Waals surface area contributed by atoms with Crippen molar-refractivity contribution in [3.63, 3.8) is 0 Å². The van der Waals surface area contributed by atoms with E-state index in [4.69, 9.17) is 4.52 Å². The van der Waals surface area contributed by atoms with Crippen molar-refractivity contribution in [1.29, 1.82) is 0 Å². The summed E-state index contributed by atoms with van der Waals surface area (Å²) in [4.78, 5) is 0. The average molecular weight is 348 g/mol. The molecule has 1 heterocycles. The molecule has 0 aromatic heterocycles. The second kappa shape index (κ2) is 5.80. The molecule has 0 fully saturated rings. The van der Waals surface area contributed by atoms with Gasteiger partial charge in [-0.25, -0.2) is 0 Å². The zero-order chi connectivity index (χ0) is 17.5. The van der Waals surface area contributed by atoms with Crippen LogP contribution in [0, 0.1) is 0 Å². The Hall–Kier alpha value is -1.95. The van der Waals surface area contributed by atoms with E-state index in [1.807, 2.05) is 0 Å². The summed E-state index contributed by atoms with van der Waals surface area (Å²) in [7, 11) is 0. The van der Waals surface area contributed by atoms with Crippen molar-refractivity contribution < 1.29 is 4.52 Å². The maximum atomic E-state index is 7.11. The van der Waals surface area contributed by atoms with Gasteiger partial charge in [0.1, 0.15) is 0 Å². The van der Waals surface area contributed by atoms with Crippen LogP contribution < -0.4 is 15.9 Å². The van der Waals surface area contributed by atoms with E-state index in [2.05, 4.69) is 99.6 Å². The molecule has 0 saturated carbocycles. The topological polar surface area (TPSA) is 9.23 Å². The summed E-state index contributed by atoms with van der Waals surface area (Å²) in [6.07, 6.45) is 1.12. The van der Waals surface area contributed by atoms with E-state index < -0.39 is 6.83 Å². The first-order valence-electron chi connectivity index (χ1n) is 9.08. The van der Waals surface area contributed by atoms with Crippen LogP contribution in [-0.4, -0.2) is 12.3 Å². The fraction of sp³-hybridized carbons (Fsp3) is 0.217. The van der Waals surface area contributed by atoms with Gasteiger partial charge in [-0.15, -0.1) is 0 Å². The number of rotatable bonds is 4. The van der Waals surface area contributed by atoms with Crippen LogP contribution in [0.5, 0.6) is 0 Å². The molecule has 0 bridgehead atoms. The number of hydrogen-bond acceptors (Lipinski definition) is 1. The molecule has 0 aliphatic carbocycles. The molecule has 0 radical (unpaired) electrons. The van der Waals surface area contributed by atoms with E-state index in [0.717, 1.165) is 6.16 Å². The minimum atomic E-state index is -2.95. The molecule has 0 unspecified atom stereocenters. The van der Waals surface area contributed by atoms with E-state index in [1.165, 1.54) is 27.0 Å². The van der Waals surface area contributed by atoms with Crippen LogP contribution in [-0.2, 0) is 4.52 Å². The number of hydrogen-bond donors (Lipinski definition) is 0. The van der Waals surface area contributed by atoms with Gasteiger partial charge in [0.05, 0.1) is 0 Å². The van der Waals surface area contributed by atoms with Gasteiger partial charge >= 0.3 is 150 Å². The molecule has 25 heavy (non-hydrogen) atoms. The molecule has 0 amide bonds. The van der Waals surface area contributed by atoms with E-state index >= 15 is 0 Å². The first-order valence-corrected chi connectivity index (χ1v) is 11.4. The SMILES string of the molecule is CCP1(OC(C)C)(c2ccccc2)c2ccccc2-c2ccccc21. The third-order valence-corrected chi connectivity index (χ3v) is 11.8. The van der Waals surface area contributed by atoms with Gasteiger partial charge in [0.15, 0.2) is 0 Å². The van der Waals surface area contributed by atoms with Crippen molar-refractivity contribution in [3.05, 3.63) is 78.9 Å². The third kappa shape index (κ3) is 2.03. The molecule has 4 rings (SSSR count). The quantitative estimate of drug-likeness (QED) is 0.612. The summed E-state index contributed by atoms with van der Waals surface area (Å²) < 4.78 is 7.11. The summed E-state index contributed by atoms with van der Waals surface area (Å²) in [5.74, 6) is 0. The number of fused-ring (bicyclic) bond motifs is 3. The van der Waals surface area contributed by atoms with Crippen molar-refractivity contribution in [2.45, 2.75) is 26.9 Å². The van der Waals surface area contributed by atoms with Crippen molar-refractivity contribution in [3.8, 4) is 11.1 Å². The van der Waals surface area contributed by atoms with E-state index in [1.54, 1.807) is 0 Å². The van der Waals surface area contributed by atoms with E-state index in [-0.39, 0.29) is 6.10 Å². The van der Waals surface area contributed by atoms with Gasteiger partial charge in [-0.1, -0.05) is 0 Å². The van der Waals surface area contributed by atoms with Gasteiger partial charge in [-0.2, -0.15) is 0 Å². The van der Waals surface area contributed by atoms with Gasteiger partial charge in [0.2, 0.25) is 0 Å². The van der Waals surface area contributed by atoms with Crippen molar-refractivity contribution >= 4 is 22.7 Å². The molecule has 1 aliphatic rings. The molecule has 0 spiro atoms. The monoisotopic (exact) mass is 348 g/mol. The predicted octanol–water partition coefficient (Wildman–Crippen LogP) is 4.86. The van der Waals surface area contributed by atoms with Crippen LogP contribution in [0.15, 0.2) is 78.9 Å². The summed E-state index contributed by atoms with van der Waals surface area (Å²) >= 11 is 0. The molecule has 3 aromatic rings. The minimum absolute atomic E-state index is 0.150. The van der Waals surface area contributed by atoms with Crippen LogP contribution in [0.25, 0.3) is 11.1 Å². The Labute approximate surface area is 150 Å². The molecule has 2 heteroatoms. The standard InChI is InChI=1S/C23H25OP/c1-4-25(24-18(2)3,19-12-6-5-7-13-19)22-16-10-8-14-20(22)21-15-9-11-17-23(21)25/h5-18H,4H2,1-3H3. The summed E-state index contributed by atoms with van der Waals surface area (Å²) in [5, 5.41) is 4.11. The molecule has 1 nitrogen and oxygen atoms in total. The maximum absolute atomic E-state index is 7.11. The van der Waals surface area contributed by atoms with Gasteiger partial charge in [-0.05, 0) is 0 Å². The Morgan fingerprint density at radius 2 is 1.20 bits per heavy atom. The first-order chi connectivity index (χ1) is 12.1. The molecule has 128 valence electrons. The normalized spacial score (nSPS) is 18.2. The van der Waals surface area contributed by atoms with Crippen LogP contribution in [0.2, 0.25) is 0 Å². The number of benzene rings is 3. The van der Waals surface area contributed by atoms with E-state index in [9.17, 15) is 0 Å². The summed E-state index contributed by atoms with van der Waals surface area (Å²) in [6.45, 7) is 3.68. The molecular weight excluding hydrogens is 323 g/mol. The zero-order valence-corrected chi connectivity index (χ0v) is 16.0. The Kier molecular flexibility index (Phi) is 3.83. The molecule has 0 saturated heterocycles. The summed E-state index contributed by atoms with van der Waals surface area (Å²) in [5.41, 5.74) is 2.67. The Bertz CT molecular complexity index is 869. The molecule has 1 aliphatic heterocycles. The van der Waals surface area contributed by atoms with Gasteiger partial charge < -0.3 is 0 Å². The first kappa shape index (κ1) is 16.5. The molecular formula is C23H25OP. The second-order valence-corrected chi connectivity index (χ2v) is 11.8. The fourth-order valence-corrected chi connectivity index (χ4v) is 10.9. The van der Waals surface area contributed by atoms with Crippen molar-refractivity contribution in [2.75, 3.05) is 6.16 Å². The molecule has 0 N–H and O–H groups in total. The van der Waals surface area contributed by atoms with Crippen molar-refractivity contribution in [1.82, 2.24) is 0 Å². The van der Waals surface area contributed by atoms with Gasteiger partial charge in [0, 0.05) is 0 Å². The van der Waals surface area contributed by atoms with Gasteiger partial charge in [-0.3, -0.25) is 0 Å². The van der Waals surface area contributed by atoms with Crippen LogP contribution >= 0.6 is 6.83 Å². The Morgan fingerprint density at radius 3 is 1.68 bits per heavy atom. The van der Waals surface area contributed by atoms with Crippen molar-refractivity contribution in [2.24, 2.45) is 0 Å². The van der Waals surface area contributed by atoms with Crippen LogP contribution in [0.3, 0.4) is 0 Å². The Balaban J connectivity index is 2.23. The molecule has 0 atom stereocenters. The Morgan fingerprint density at radius 1 is 0.720 bits per heavy atom. The molecule has 3 aromatic carbocycles. The zero-order valence-electron chi connectivity index (χ0n) is 15.1. The predicted molar refractivity (Wildman–Crippen MR) is 111 cm³/mol. The van der Waals surface area contributed by atoms with Crippen LogP contribution in [0.4, 0.5) is 0 Å². The van der Waals surface area contributed by atoms with E-state index in [0.29, 0.717) is 0 Å². The average Bonchev–Trinajstić information content (AvgIpc) is 2.91. The fourth-order valence-electron chi connectivity index (χ4n) is 4.62. The second-order valence-electron chi connectivity index (χ2n) is 7.05.